The molecule has 1 heterocycles. The topological polar surface area (TPSA) is 130 Å². The van der Waals surface area contributed by atoms with Crippen LogP contribution in [0.4, 0.5) is 0 Å². The van der Waals surface area contributed by atoms with Gasteiger partial charge in [-0.2, -0.15) is 0 Å². The van der Waals surface area contributed by atoms with Crippen LogP contribution in [-0.2, 0) is 21.2 Å². The second-order valence-electron chi connectivity index (χ2n) is 8.56. The van der Waals surface area contributed by atoms with Gasteiger partial charge in [0.15, 0.2) is 0 Å². The standard InChI is InChI=1S/C26H24N2O6S/c1-16(26(31)32)13-21(14-17-7-9-19(10-8-17)18-5-3-2-4-6-18)27-24(29)20-11-12-22-23(15-20)35(33,34)28-25(22)30/h2-12,15-16,21H,13-14H2,1H3,(H,27,29)(H,28,30)(H,31,32)/t16-,21?/m1/s1. The third-order valence-electron chi connectivity index (χ3n) is 5.94. The predicted octanol–water partition coefficient (Wildman–Crippen LogP) is 3.24. The first kappa shape index (κ1) is 24.2. The molecular formula is C26H24N2O6S. The van der Waals surface area contributed by atoms with Crippen LogP contribution in [-0.4, -0.2) is 37.3 Å². The van der Waals surface area contributed by atoms with Gasteiger partial charge in [-0.25, -0.2) is 13.1 Å². The normalized spacial score (nSPS) is 15.5. The number of hydrogen-bond donors (Lipinski definition) is 3. The Balaban J connectivity index is 1.54. The minimum absolute atomic E-state index is 0.0175. The molecular weight excluding hydrogens is 468 g/mol. The molecule has 1 aliphatic heterocycles. The first-order valence-corrected chi connectivity index (χ1v) is 12.5. The number of benzene rings is 3. The number of nitrogens with one attached hydrogen (secondary N) is 2. The summed E-state index contributed by atoms with van der Waals surface area (Å²) in [6.07, 6.45) is 0.576. The second-order valence-corrected chi connectivity index (χ2v) is 10.2. The van der Waals surface area contributed by atoms with Gasteiger partial charge in [-0.3, -0.25) is 14.4 Å². The lowest BCUT2D eigenvalue weighted by Crippen LogP contribution is -2.38. The monoisotopic (exact) mass is 492 g/mol. The van der Waals surface area contributed by atoms with Crippen molar-refractivity contribution in [2.75, 3.05) is 0 Å². The summed E-state index contributed by atoms with van der Waals surface area (Å²) >= 11 is 0. The van der Waals surface area contributed by atoms with E-state index in [1.165, 1.54) is 12.1 Å². The molecule has 0 radical (unpaired) electrons. The first-order chi connectivity index (χ1) is 16.6. The number of carbonyl (C=O) groups is 3. The van der Waals surface area contributed by atoms with Gasteiger partial charge in [-0.15, -0.1) is 0 Å². The minimum atomic E-state index is -4.00. The van der Waals surface area contributed by atoms with Crippen molar-refractivity contribution in [3.8, 4) is 11.1 Å². The van der Waals surface area contributed by atoms with E-state index in [0.717, 1.165) is 22.8 Å². The molecule has 0 saturated carbocycles. The fourth-order valence-corrected chi connectivity index (χ4v) is 5.24. The average molecular weight is 493 g/mol. The maximum Gasteiger partial charge on any atom is 0.306 e. The first-order valence-electron chi connectivity index (χ1n) is 11.0. The number of carboxylic acids is 1. The van der Waals surface area contributed by atoms with Crippen LogP contribution < -0.4 is 10.0 Å². The zero-order valence-electron chi connectivity index (χ0n) is 18.9. The summed E-state index contributed by atoms with van der Waals surface area (Å²) < 4.78 is 26.1. The van der Waals surface area contributed by atoms with E-state index >= 15 is 0 Å². The zero-order chi connectivity index (χ0) is 25.2. The largest absolute Gasteiger partial charge is 0.481 e. The lowest BCUT2D eigenvalue weighted by atomic mass is 9.94. The Labute approximate surface area is 203 Å². The molecule has 0 fully saturated rings. The van der Waals surface area contributed by atoms with Crippen molar-refractivity contribution in [3.05, 3.63) is 89.5 Å². The second kappa shape index (κ2) is 9.71. The molecule has 1 aliphatic rings. The lowest BCUT2D eigenvalue weighted by molar-refractivity contribution is -0.141. The number of aliphatic carboxylic acids is 1. The Hall–Kier alpha value is -3.98. The van der Waals surface area contributed by atoms with E-state index in [-0.39, 0.29) is 22.4 Å². The van der Waals surface area contributed by atoms with E-state index in [1.807, 2.05) is 59.3 Å². The van der Waals surface area contributed by atoms with E-state index < -0.39 is 39.8 Å². The fourth-order valence-electron chi connectivity index (χ4n) is 4.04. The lowest BCUT2D eigenvalue weighted by Gasteiger charge is -2.21. The Morgan fingerprint density at radius 1 is 0.971 bits per heavy atom. The fraction of sp³-hybridized carbons (Fsp3) is 0.192. The number of carboxylic acid groups (broad SMARTS) is 1. The van der Waals surface area contributed by atoms with E-state index in [1.54, 1.807) is 6.92 Å². The van der Waals surface area contributed by atoms with Gasteiger partial charge in [0.2, 0.25) is 0 Å². The van der Waals surface area contributed by atoms with Crippen LogP contribution in [0.3, 0.4) is 0 Å². The van der Waals surface area contributed by atoms with Crippen molar-refractivity contribution in [1.82, 2.24) is 10.0 Å². The number of amides is 2. The van der Waals surface area contributed by atoms with Gasteiger partial charge in [-0.05, 0) is 47.7 Å². The molecule has 3 aromatic carbocycles. The Bertz CT molecular complexity index is 1390. The zero-order valence-corrected chi connectivity index (χ0v) is 19.7. The molecule has 0 spiro atoms. The molecule has 3 aromatic rings. The van der Waals surface area contributed by atoms with Crippen molar-refractivity contribution in [2.45, 2.75) is 30.7 Å². The molecule has 9 heteroatoms. The molecule has 0 aliphatic carbocycles. The number of sulfonamides is 1. The van der Waals surface area contributed by atoms with E-state index in [9.17, 15) is 27.9 Å². The molecule has 0 aromatic heterocycles. The Kier molecular flexibility index (Phi) is 6.70. The summed E-state index contributed by atoms with van der Waals surface area (Å²) in [6.45, 7) is 1.57. The van der Waals surface area contributed by atoms with Crippen LogP contribution in [0.5, 0.6) is 0 Å². The van der Waals surface area contributed by atoms with Crippen molar-refractivity contribution in [2.24, 2.45) is 5.92 Å². The summed E-state index contributed by atoms with van der Waals surface area (Å²) in [7, 11) is -4.00. The van der Waals surface area contributed by atoms with Crippen molar-refractivity contribution in [1.29, 1.82) is 0 Å². The van der Waals surface area contributed by atoms with Crippen LogP contribution in [0.15, 0.2) is 77.7 Å². The number of rotatable bonds is 8. The SMILES string of the molecule is C[C@H](CC(Cc1ccc(-c2ccccc2)cc1)NC(=O)c1ccc2c(c1)S(=O)(=O)NC2=O)C(=O)O. The summed E-state index contributed by atoms with van der Waals surface area (Å²) in [5.41, 5.74) is 3.07. The van der Waals surface area contributed by atoms with Gasteiger partial charge in [0, 0.05) is 11.6 Å². The molecule has 3 N–H and O–H groups in total. The summed E-state index contributed by atoms with van der Waals surface area (Å²) in [4.78, 5) is 36.0. The quantitative estimate of drug-likeness (QED) is 0.443. The summed E-state index contributed by atoms with van der Waals surface area (Å²) in [5, 5.41) is 12.2. The summed E-state index contributed by atoms with van der Waals surface area (Å²) in [6, 6.07) is 21.0. The van der Waals surface area contributed by atoms with Crippen LogP contribution >= 0.6 is 0 Å². The number of fused-ring (bicyclic) bond motifs is 1. The van der Waals surface area contributed by atoms with Crippen LogP contribution in [0.25, 0.3) is 11.1 Å². The highest BCUT2D eigenvalue weighted by molar-refractivity contribution is 7.90. The van der Waals surface area contributed by atoms with Gasteiger partial charge in [0.1, 0.15) is 4.90 Å². The van der Waals surface area contributed by atoms with Gasteiger partial charge >= 0.3 is 5.97 Å². The summed E-state index contributed by atoms with van der Waals surface area (Å²) in [5.74, 6) is -2.96. The van der Waals surface area contributed by atoms with E-state index in [2.05, 4.69) is 5.32 Å². The highest BCUT2D eigenvalue weighted by atomic mass is 32.2. The van der Waals surface area contributed by atoms with Gasteiger partial charge in [-0.1, -0.05) is 61.5 Å². The highest BCUT2D eigenvalue weighted by Crippen LogP contribution is 2.24. The predicted molar refractivity (Wildman–Crippen MR) is 129 cm³/mol. The maximum absolute atomic E-state index is 13.0. The minimum Gasteiger partial charge on any atom is -0.481 e. The van der Waals surface area contributed by atoms with Crippen LogP contribution in [0, 0.1) is 5.92 Å². The van der Waals surface area contributed by atoms with E-state index in [4.69, 9.17) is 0 Å². The smallest absolute Gasteiger partial charge is 0.306 e. The molecule has 1 unspecified atom stereocenters. The molecule has 4 rings (SSSR count). The number of carbonyl (C=O) groups excluding carboxylic acids is 2. The molecule has 2 atom stereocenters. The highest BCUT2D eigenvalue weighted by Gasteiger charge is 2.33. The van der Waals surface area contributed by atoms with Crippen LogP contribution in [0.2, 0.25) is 0 Å². The van der Waals surface area contributed by atoms with Crippen LogP contribution in [0.1, 0.15) is 39.6 Å². The van der Waals surface area contributed by atoms with Gasteiger partial charge < -0.3 is 10.4 Å². The molecule has 8 nitrogen and oxygen atoms in total. The molecule has 180 valence electrons. The molecule has 0 bridgehead atoms. The molecule has 35 heavy (non-hydrogen) atoms. The van der Waals surface area contributed by atoms with E-state index in [0.29, 0.717) is 6.42 Å². The van der Waals surface area contributed by atoms with Crippen molar-refractivity contribution >= 4 is 27.8 Å². The maximum atomic E-state index is 13.0. The van der Waals surface area contributed by atoms with Crippen molar-refractivity contribution < 1.29 is 27.9 Å². The average Bonchev–Trinajstić information content (AvgIpc) is 3.07. The van der Waals surface area contributed by atoms with Gasteiger partial charge in [0.25, 0.3) is 21.8 Å². The van der Waals surface area contributed by atoms with Gasteiger partial charge in [0.05, 0.1) is 11.5 Å². The third-order valence-corrected chi connectivity index (χ3v) is 7.31. The third kappa shape index (κ3) is 5.41. The van der Waals surface area contributed by atoms with Crippen molar-refractivity contribution in [3.63, 3.8) is 0 Å². The number of hydrogen-bond acceptors (Lipinski definition) is 5. The Morgan fingerprint density at radius 2 is 1.63 bits per heavy atom. The molecule has 0 saturated heterocycles. The molecule has 2 amide bonds. The Morgan fingerprint density at radius 3 is 2.29 bits per heavy atom.